The van der Waals surface area contributed by atoms with Gasteiger partial charge in [0, 0.05) is 13.7 Å². The predicted molar refractivity (Wildman–Crippen MR) is 105 cm³/mol. The molecular formula is C17H23F3N6O3S. The number of halogens is 3. The summed E-state index contributed by atoms with van der Waals surface area (Å²) in [4.78, 5) is 14.3. The third-order valence-corrected chi connectivity index (χ3v) is 4.67. The average Bonchev–Trinajstić information content (AvgIpc) is 3.12. The van der Waals surface area contributed by atoms with E-state index in [1.165, 1.54) is 13.2 Å². The second-order valence-corrected chi connectivity index (χ2v) is 7.32. The number of nitrogens with one attached hydrogen (secondary N) is 1. The van der Waals surface area contributed by atoms with Gasteiger partial charge < -0.3 is 19.7 Å². The highest BCUT2D eigenvalue weighted by atomic mass is 32.2. The summed E-state index contributed by atoms with van der Waals surface area (Å²) in [5.74, 6) is -0.483. The number of ether oxygens (including phenoxy) is 2. The first kappa shape index (κ1) is 23.9. The lowest BCUT2D eigenvalue weighted by Crippen LogP contribution is -2.20. The second-order valence-electron chi connectivity index (χ2n) is 6.37. The van der Waals surface area contributed by atoms with Crippen LogP contribution in [0, 0.1) is 0 Å². The van der Waals surface area contributed by atoms with Crippen molar-refractivity contribution >= 4 is 23.4 Å². The normalized spacial score (nSPS) is 11.7. The molecule has 9 nitrogen and oxygen atoms in total. The molecular weight excluding hydrogens is 425 g/mol. The molecule has 1 aromatic heterocycles. The summed E-state index contributed by atoms with van der Waals surface area (Å²) in [6.07, 6.45) is -4.55. The first-order valence-corrected chi connectivity index (χ1v) is 9.85. The molecule has 0 fully saturated rings. The van der Waals surface area contributed by atoms with Crippen LogP contribution in [0.5, 0.6) is 5.75 Å². The Kier molecular flexibility index (Phi) is 8.87. The number of likely N-dealkylation sites (N-methyl/N-ethyl adjacent to an activating group) is 1. The van der Waals surface area contributed by atoms with E-state index in [-0.39, 0.29) is 30.4 Å². The van der Waals surface area contributed by atoms with Crippen molar-refractivity contribution in [1.82, 2.24) is 25.1 Å². The standard InChI is InChI=1S/C17H23F3N6O3S/c1-25(2)6-7-26-16(22-23-24-26)30-11-15(27)21-13-10-12(17(18,19)20)4-5-14(13)29-9-8-28-3/h4-5,10H,6-9,11H2,1-3H3,(H,21,27). The molecule has 30 heavy (non-hydrogen) atoms. The van der Waals surface area contributed by atoms with Crippen molar-refractivity contribution in [1.29, 1.82) is 0 Å². The number of anilines is 1. The Morgan fingerprint density at radius 2 is 2.07 bits per heavy atom. The second kappa shape index (κ2) is 11.1. The number of amides is 1. The highest BCUT2D eigenvalue weighted by molar-refractivity contribution is 7.99. The molecule has 2 rings (SSSR count). The number of tetrazole rings is 1. The molecule has 1 aromatic carbocycles. The number of hydrogen-bond donors (Lipinski definition) is 1. The molecule has 0 saturated heterocycles. The van der Waals surface area contributed by atoms with Gasteiger partial charge in [0.15, 0.2) is 0 Å². The van der Waals surface area contributed by atoms with Crippen molar-refractivity contribution < 1.29 is 27.4 Å². The van der Waals surface area contributed by atoms with Gasteiger partial charge in [-0.05, 0) is 42.7 Å². The van der Waals surface area contributed by atoms with E-state index in [4.69, 9.17) is 9.47 Å². The summed E-state index contributed by atoms with van der Waals surface area (Å²) >= 11 is 1.08. The predicted octanol–water partition coefficient (Wildman–Crippen LogP) is 2.01. The quantitative estimate of drug-likeness (QED) is 0.412. The number of nitrogens with zero attached hydrogens (tertiary/aromatic N) is 5. The third-order valence-electron chi connectivity index (χ3n) is 3.72. The van der Waals surface area contributed by atoms with Gasteiger partial charge in [0.1, 0.15) is 12.4 Å². The van der Waals surface area contributed by atoms with Crippen molar-refractivity contribution in [2.24, 2.45) is 0 Å². The minimum absolute atomic E-state index is 0.0706. The Morgan fingerprint density at radius 3 is 2.73 bits per heavy atom. The molecule has 13 heteroatoms. The Hall–Kier alpha value is -2.38. The van der Waals surface area contributed by atoms with Crippen LogP contribution in [0.25, 0.3) is 0 Å². The van der Waals surface area contributed by atoms with E-state index in [0.29, 0.717) is 18.2 Å². The molecule has 0 atom stereocenters. The Bertz CT molecular complexity index is 831. The van der Waals surface area contributed by atoms with E-state index in [1.807, 2.05) is 19.0 Å². The Balaban J connectivity index is 2.05. The topological polar surface area (TPSA) is 94.4 Å². The number of methoxy groups -OCH3 is 1. The van der Waals surface area contributed by atoms with E-state index in [0.717, 1.165) is 23.9 Å². The number of aromatic nitrogens is 4. The van der Waals surface area contributed by atoms with Crippen molar-refractivity contribution in [3.63, 3.8) is 0 Å². The highest BCUT2D eigenvalue weighted by Gasteiger charge is 2.31. The van der Waals surface area contributed by atoms with Gasteiger partial charge in [0.05, 0.1) is 30.2 Å². The van der Waals surface area contributed by atoms with Gasteiger partial charge in [-0.3, -0.25) is 4.79 Å². The van der Waals surface area contributed by atoms with E-state index < -0.39 is 17.6 Å². The van der Waals surface area contributed by atoms with E-state index in [2.05, 4.69) is 20.8 Å². The monoisotopic (exact) mass is 448 g/mol. The van der Waals surface area contributed by atoms with Gasteiger partial charge in [-0.2, -0.15) is 13.2 Å². The van der Waals surface area contributed by atoms with Crippen LogP contribution in [0.3, 0.4) is 0 Å². The van der Waals surface area contributed by atoms with Gasteiger partial charge in [-0.25, -0.2) is 4.68 Å². The number of alkyl halides is 3. The summed E-state index contributed by atoms with van der Waals surface area (Å²) < 4.78 is 51.0. The van der Waals surface area contributed by atoms with Crippen LogP contribution < -0.4 is 10.1 Å². The van der Waals surface area contributed by atoms with Crippen LogP contribution in [0.4, 0.5) is 18.9 Å². The first-order valence-electron chi connectivity index (χ1n) is 8.87. The SMILES string of the molecule is COCCOc1ccc(C(F)(F)F)cc1NC(=O)CSc1nnnn1CCN(C)C. The number of carbonyl (C=O) groups excluding carboxylic acids is 1. The van der Waals surface area contributed by atoms with Crippen molar-refractivity contribution in [3.05, 3.63) is 23.8 Å². The summed E-state index contributed by atoms with van der Waals surface area (Å²) in [6.45, 7) is 1.62. The number of rotatable bonds is 11. The lowest BCUT2D eigenvalue weighted by molar-refractivity contribution is -0.137. The smallest absolute Gasteiger partial charge is 0.416 e. The highest BCUT2D eigenvalue weighted by Crippen LogP contribution is 2.35. The maximum atomic E-state index is 13.0. The molecule has 1 N–H and O–H groups in total. The fourth-order valence-corrected chi connectivity index (χ4v) is 2.92. The molecule has 0 aliphatic heterocycles. The van der Waals surface area contributed by atoms with Crippen LogP contribution in [-0.2, 0) is 22.3 Å². The minimum Gasteiger partial charge on any atom is -0.489 e. The van der Waals surface area contributed by atoms with Crippen LogP contribution >= 0.6 is 11.8 Å². The zero-order valence-electron chi connectivity index (χ0n) is 16.8. The molecule has 0 bridgehead atoms. The molecule has 0 aliphatic rings. The molecule has 166 valence electrons. The lowest BCUT2D eigenvalue weighted by Gasteiger charge is -2.15. The van der Waals surface area contributed by atoms with Gasteiger partial charge in [0.2, 0.25) is 11.1 Å². The number of benzene rings is 1. The largest absolute Gasteiger partial charge is 0.489 e. The van der Waals surface area contributed by atoms with Gasteiger partial charge >= 0.3 is 6.18 Å². The Morgan fingerprint density at radius 1 is 1.30 bits per heavy atom. The Labute approximate surface area is 175 Å². The zero-order chi connectivity index (χ0) is 22.1. The summed E-state index contributed by atoms with van der Waals surface area (Å²) in [6, 6.07) is 2.90. The van der Waals surface area contributed by atoms with Gasteiger partial charge in [-0.15, -0.1) is 5.10 Å². The summed E-state index contributed by atoms with van der Waals surface area (Å²) in [7, 11) is 5.29. The fraction of sp³-hybridized carbons (Fsp3) is 0.529. The molecule has 2 aromatic rings. The third kappa shape index (κ3) is 7.46. The van der Waals surface area contributed by atoms with Gasteiger partial charge in [0.25, 0.3) is 0 Å². The number of thioether (sulfide) groups is 1. The van der Waals surface area contributed by atoms with Crippen LogP contribution in [-0.4, -0.2) is 77.7 Å². The average molecular weight is 448 g/mol. The minimum atomic E-state index is -4.55. The first-order chi connectivity index (χ1) is 14.2. The molecule has 0 saturated carbocycles. The maximum Gasteiger partial charge on any atom is 0.416 e. The van der Waals surface area contributed by atoms with Crippen molar-refractivity contribution in [3.8, 4) is 5.75 Å². The molecule has 0 radical (unpaired) electrons. The fourth-order valence-electron chi connectivity index (χ4n) is 2.22. The van der Waals surface area contributed by atoms with Crippen LogP contribution in [0.15, 0.2) is 23.4 Å². The van der Waals surface area contributed by atoms with E-state index >= 15 is 0 Å². The number of hydrogen-bond acceptors (Lipinski definition) is 8. The molecule has 0 unspecified atom stereocenters. The summed E-state index contributed by atoms with van der Waals surface area (Å²) in [5, 5.41) is 14.2. The molecule has 0 aliphatic carbocycles. The lowest BCUT2D eigenvalue weighted by atomic mass is 10.1. The number of carbonyl (C=O) groups is 1. The van der Waals surface area contributed by atoms with Gasteiger partial charge in [-0.1, -0.05) is 11.8 Å². The molecule has 1 heterocycles. The zero-order valence-corrected chi connectivity index (χ0v) is 17.6. The van der Waals surface area contributed by atoms with E-state index in [9.17, 15) is 18.0 Å². The van der Waals surface area contributed by atoms with E-state index in [1.54, 1.807) is 4.68 Å². The molecule has 0 spiro atoms. The van der Waals surface area contributed by atoms with Crippen molar-refractivity contribution in [2.45, 2.75) is 17.9 Å². The maximum absolute atomic E-state index is 13.0. The molecule has 1 amide bonds. The van der Waals surface area contributed by atoms with Crippen LogP contribution in [0.2, 0.25) is 0 Å². The van der Waals surface area contributed by atoms with Crippen LogP contribution in [0.1, 0.15) is 5.56 Å². The summed E-state index contributed by atoms with van der Waals surface area (Å²) in [5.41, 5.74) is -0.962. The van der Waals surface area contributed by atoms with Crippen molar-refractivity contribution in [2.75, 3.05) is 52.0 Å².